The van der Waals surface area contributed by atoms with Crippen molar-refractivity contribution in [2.24, 2.45) is 0 Å². The van der Waals surface area contributed by atoms with E-state index in [-0.39, 0.29) is 12.6 Å². The molecule has 0 aliphatic rings. The van der Waals surface area contributed by atoms with Gasteiger partial charge in [-0.25, -0.2) is 9.78 Å². The zero-order valence-electron chi connectivity index (χ0n) is 7.03. The molecule has 0 saturated carbocycles. The van der Waals surface area contributed by atoms with E-state index in [1.807, 2.05) is 0 Å². The van der Waals surface area contributed by atoms with Crippen molar-refractivity contribution in [1.82, 2.24) is 9.97 Å². The highest BCUT2D eigenvalue weighted by atomic mass is 16.5. The number of nitrogens with one attached hydrogen (secondary N) is 2. The van der Waals surface area contributed by atoms with Crippen LogP contribution in [-0.4, -0.2) is 28.5 Å². The van der Waals surface area contributed by atoms with Crippen molar-refractivity contribution >= 4 is 17.8 Å². The monoisotopic (exact) mass is 183 g/mol. The van der Waals surface area contributed by atoms with Gasteiger partial charge in [0.25, 0.3) is 0 Å². The Bertz CT molecular complexity index is 294. The predicted molar refractivity (Wildman–Crippen MR) is 43.9 cm³/mol. The molecule has 1 rings (SSSR count). The van der Waals surface area contributed by atoms with Crippen LogP contribution in [-0.2, 0) is 14.3 Å². The Hall–Kier alpha value is -1.85. The maximum Gasteiger partial charge on any atom is 0.397 e. The fourth-order valence-electron chi connectivity index (χ4n) is 0.689. The number of esters is 1. The lowest BCUT2D eigenvalue weighted by molar-refractivity contribution is -0.152. The van der Waals surface area contributed by atoms with E-state index in [1.54, 1.807) is 6.92 Å². The summed E-state index contributed by atoms with van der Waals surface area (Å²) in [5, 5.41) is 2.23. The van der Waals surface area contributed by atoms with Crippen LogP contribution in [0, 0.1) is 0 Å². The van der Waals surface area contributed by atoms with Crippen LogP contribution in [0.4, 0.5) is 5.95 Å². The number of carbonyl (C=O) groups is 2. The molecule has 13 heavy (non-hydrogen) atoms. The second kappa shape index (κ2) is 4.24. The van der Waals surface area contributed by atoms with Gasteiger partial charge in [0, 0.05) is 12.4 Å². The predicted octanol–water partition coefficient (Wildman–Crippen LogP) is -0.0887. The molecular formula is C7H9N3O3. The largest absolute Gasteiger partial charge is 0.459 e. The Labute approximate surface area is 74.3 Å². The molecule has 0 aliphatic carbocycles. The van der Waals surface area contributed by atoms with Crippen molar-refractivity contribution < 1.29 is 14.3 Å². The van der Waals surface area contributed by atoms with Crippen LogP contribution in [0.1, 0.15) is 6.92 Å². The van der Waals surface area contributed by atoms with Crippen LogP contribution in [0.25, 0.3) is 0 Å². The Morgan fingerprint density at radius 2 is 2.46 bits per heavy atom. The first-order chi connectivity index (χ1) is 6.24. The number of imidazole rings is 1. The number of ether oxygens (including phenoxy) is 1. The van der Waals surface area contributed by atoms with E-state index in [9.17, 15) is 9.59 Å². The number of hydrogen-bond donors (Lipinski definition) is 2. The molecule has 0 atom stereocenters. The molecule has 0 fully saturated rings. The van der Waals surface area contributed by atoms with Crippen molar-refractivity contribution in [2.45, 2.75) is 6.92 Å². The number of aromatic amines is 1. The number of aromatic nitrogens is 2. The van der Waals surface area contributed by atoms with Crippen LogP contribution in [0.3, 0.4) is 0 Å². The maximum atomic E-state index is 11.0. The minimum Gasteiger partial charge on any atom is -0.459 e. The summed E-state index contributed by atoms with van der Waals surface area (Å²) in [6.07, 6.45) is 2.99. The third-order valence-electron chi connectivity index (χ3n) is 1.19. The van der Waals surface area contributed by atoms with Gasteiger partial charge in [0.05, 0.1) is 6.61 Å². The first-order valence-electron chi connectivity index (χ1n) is 3.71. The molecule has 0 bridgehead atoms. The summed E-state index contributed by atoms with van der Waals surface area (Å²) in [5.74, 6) is -1.53. The van der Waals surface area contributed by atoms with Gasteiger partial charge in [-0.15, -0.1) is 0 Å². The molecule has 1 aromatic heterocycles. The molecule has 0 saturated heterocycles. The lowest BCUT2D eigenvalue weighted by Gasteiger charge is -2.00. The summed E-state index contributed by atoms with van der Waals surface area (Å²) in [5.41, 5.74) is 0. The van der Waals surface area contributed by atoms with Crippen molar-refractivity contribution in [3.05, 3.63) is 12.4 Å². The number of nitrogens with zero attached hydrogens (tertiary/aromatic N) is 1. The normalized spacial score (nSPS) is 9.31. The van der Waals surface area contributed by atoms with E-state index in [1.165, 1.54) is 12.4 Å². The van der Waals surface area contributed by atoms with E-state index < -0.39 is 11.9 Å². The molecule has 0 unspecified atom stereocenters. The fourth-order valence-corrected chi connectivity index (χ4v) is 0.689. The van der Waals surface area contributed by atoms with Gasteiger partial charge in [-0.2, -0.15) is 0 Å². The number of hydrogen-bond acceptors (Lipinski definition) is 4. The molecule has 1 aromatic rings. The molecule has 0 aliphatic heterocycles. The summed E-state index contributed by atoms with van der Waals surface area (Å²) >= 11 is 0. The van der Waals surface area contributed by atoms with Gasteiger partial charge < -0.3 is 9.72 Å². The van der Waals surface area contributed by atoms with Crippen molar-refractivity contribution in [2.75, 3.05) is 11.9 Å². The second-order valence-electron chi connectivity index (χ2n) is 2.11. The first kappa shape index (κ1) is 9.24. The molecule has 70 valence electrons. The number of anilines is 1. The average molecular weight is 183 g/mol. The van der Waals surface area contributed by atoms with E-state index in [4.69, 9.17) is 0 Å². The summed E-state index contributed by atoms with van der Waals surface area (Å²) in [4.78, 5) is 28.1. The standard InChI is InChI=1S/C7H9N3O3/c1-2-13-6(12)5(11)10-7-8-3-4-9-7/h3-4H,2H2,1H3,(H2,8,9,10,11). The Morgan fingerprint density at radius 3 is 3.00 bits per heavy atom. The van der Waals surface area contributed by atoms with Crippen molar-refractivity contribution in [3.63, 3.8) is 0 Å². The zero-order chi connectivity index (χ0) is 9.68. The van der Waals surface area contributed by atoms with Crippen LogP contribution in [0.5, 0.6) is 0 Å². The Kier molecular flexibility index (Phi) is 3.02. The summed E-state index contributed by atoms with van der Waals surface area (Å²) < 4.78 is 4.46. The van der Waals surface area contributed by atoms with Gasteiger partial charge in [-0.3, -0.25) is 10.1 Å². The highest BCUT2D eigenvalue weighted by Gasteiger charge is 2.15. The molecule has 6 nitrogen and oxygen atoms in total. The van der Waals surface area contributed by atoms with E-state index in [0.717, 1.165) is 0 Å². The highest BCUT2D eigenvalue weighted by Crippen LogP contribution is 1.94. The lowest BCUT2D eigenvalue weighted by Crippen LogP contribution is -2.25. The topological polar surface area (TPSA) is 84.1 Å². The number of amides is 1. The maximum absolute atomic E-state index is 11.0. The van der Waals surface area contributed by atoms with Crippen LogP contribution >= 0.6 is 0 Å². The van der Waals surface area contributed by atoms with Gasteiger partial charge in [-0.05, 0) is 6.92 Å². The van der Waals surface area contributed by atoms with E-state index in [0.29, 0.717) is 0 Å². The minimum atomic E-state index is -0.918. The van der Waals surface area contributed by atoms with Gasteiger partial charge >= 0.3 is 11.9 Å². The van der Waals surface area contributed by atoms with Crippen molar-refractivity contribution in [1.29, 1.82) is 0 Å². The summed E-state index contributed by atoms with van der Waals surface area (Å²) in [7, 11) is 0. The first-order valence-corrected chi connectivity index (χ1v) is 3.71. The quantitative estimate of drug-likeness (QED) is 0.495. The Balaban J connectivity index is 2.46. The molecular weight excluding hydrogens is 174 g/mol. The fraction of sp³-hybridized carbons (Fsp3) is 0.286. The highest BCUT2D eigenvalue weighted by molar-refractivity contribution is 6.37. The number of H-pyrrole nitrogens is 1. The van der Waals surface area contributed by atoms with Crippen LogP contribution < -0.4 is 5.32 Å². The number of rotatable bonds is 2. The SMILES string of the molecule is CCOC(=O)C(=O)Nc1ncc[nH]1. The molecule has 1 heterocycles. The van der Waals surface area contributed by atoms with Crippen LogP contribution in [0.15, 0.2) is 12.4 Å². The van der Waals surface area contributed by atoms with E-state index in [2.05, 4.69) is 20.0 Å². The van der Waals surface area contributed by atoms with Gasteiger partial charge in [0.2, 0.25) is 5.95 Å². The molecule has 2 N–H and O–H groups in total. The smallest absolute Gasteiger partial charge is 0.397 e. The summed E-state index contributed by atoms with van der Waals surface area (Å²) in [6, 6.07) is 0. The molecule has 1 amide bonds. The second-order valence-corrected chi connectivity index (χ2v) is 2.11. The zero-order valence-corrected chi connectivity index (χ0v) is 7.03. The summed E-state index contributed by atoms with van der Waals surface area (Å²) in [6.45, 7) is 1.79. The van der Waals surface area contributed by atoms with E-state index >= 15 is 0 Å². The third-order valence-corrected chi connectivity index (χ3v) is 1.19. The molecule has 0 spiro atoms. The molecule has 0 radical (unpaired) electrons. The molecule has 6 heteroatoms. The van der Waals surface area contributed by atoms with Crippen LogP contribution in [0.2, 0.25) is 0 Å². The minimum absolute atomic E-state index is 0.171. The Morgan fingerprint density at radius 1 is 1.69 bits per heavy atom. The van der Waals surface area contributed by atoms with Gasteiger partial charge in [0.15, 0.2) is 0 Å². The molecule has 0 aromatic carbocycles. The van der Waals surface area contributed by atoms with Crippen molar-refractivity contribution in [3.8, 4) is 0 Å². The van der Waals surface area contributed by atoms with Gasteiger partial charge in [-0.1, -0.05) is 0 Å². The number of carbonyl (C=O) groups excluding carboxylic acids is 2. The average Bonchev–Trinajstić information content (AvgIpc) is 2.57. The lowest BCUT2D eigenvalue weighted by atomic mass is 10.6. The third kappa shape index (κ3) is 2.58. The van der Waals surface area contributed by atoms with Gasteiger partial charge in [0.1, 0.15) is 0 Å².